The maximum atomic E-state index is 5.08. The van der Waals surface area contributed by atoms with Crippen LogP contribution < -0.4 is 0 Å². The van der Waals surface area contributed by atoms with Gasteiger partial charge in [0.05, 0.1) is 11.4 Å². The Morgan fingerprint density at radius 3 is 0.789 bits per heavy atom. The van der Waals surface area contributed by atoms with Crippen molar-refractivity contribution < 1.29 is 34.1 Å². The van der Waals surface area contributed by atoms with E-state index in [0.717, 1.165) is 70.7 Å². The number of para-hydroxylation sites is 4. The summed E-state index contributed by atoms with van der Waals surface area (Å²) in [7, 11) is 6.69. The molecule has 0 N–H and O–H groups in total. The van der Waals surface area contributed by atoms with Gasteiger partial charge >= 0.3 is 34.1 Å². The summed E-state index contributed by atoms with van der Waals surface area (Å²) in [5, 5.41) is 10.2. The summed E-state index contributed by atoms with van der Waals surface area (Å²) in [5.74, 6) is 3.49. The molecule has 0 aliphatic carbocycles. The molecule has 0 saturated carbocycles. The van der Waals surface area contributed by atoms with E-state index >= 15 is 0 Å². The molecule has 0 fully saturated rings. The van der Waals surface area contributed by atoms with Crippen molar-refractivity contribution in [3.05, 3.63) is 177 Å². The summed E-state index contributed by atoms with van der Waals surface area (Å²) in [6.07, 6.45) is 14.9. The van der Waals surface area contributed by atoms with Crippen LogP contribution in [0.3, 0.4) is 0 Å². The van der Waals surface area contributed by atoms with E-state index in [-0.39, 0.29) is 34.1 Å². The van der Waals surface area contributed by atoms with Gasteiger partial charge in [0.25, 0.3) is 0 Å². The maximum absolute atomic E-state index is 5.08. The largest absolute Gasteiger partial charge is 2.00 e. The summed E-state index contributed by atoms with van der Waals surface area (Å²) in [6.45, 7) is 51.3. The second kappa shape index (κ2) is 39.9. The van der Waals surface area contributed by atoms with Gasteiger partial charge in [0, 0.05) is 11.4 Å². The Balaban J connectivity index is 0. The van der Waals surface area contributed by atoms with Gasteiger partial charge in [-0.05, 0) is 96.3 Å². The van der Waals surface area contributed by atoms with Crippen LogP contribution in [0.4, 0.5) is 22.7 Å². The van der Waals surface area contributed by atoms with Gasteiger partial charge in [-0.25, -0.2) is 0 Å². The Bertz CT molecular complexity index is 2160. The molecule has 0 aromatic heterocycles. The molecule has 0 saturated heterocycles. The first-order valence-corrected chi connectivity index (χ1v) is 29.2. The molecule has 0 amide bonds. The predicted octanol–water partition coefficient (Wildman–Crippen LogP) is 23.9. The number of allylic oxidation sites excluding steroid dienone is 6. The molecule has 0 heterocycles. The Morgan fingerprint density at radius 2 is 0.618 bits per heavy atom. The molecule has 0 spiro atoms. The van der Waals surface area contributed by atoms with Crippen molar-refractivity contribution in [1.82, 2.24) is 0 Å². The molecule has 0 atom stereocenters. The fourth-order valence-electron chi connectivity index (χ4n) is 8.50. The normalized spacial score (nSPS) is 12.0. The van der Waals surface area contributed by atoms with Crippen LogP contribution in [-0.2, 0) is 34.1 Å². The zero-order valence-electron chi connectivity index (χ0n) is 51.0. The quantitative estimate of drug-likeness (QED) is 0.0248. The van der Waals surface area contributed by atoms with E-state index in [9.17, 15) is 0 Å². The fraction of sp³-hybridized carbons (Fsp3) is 0.500. The molecule has 0 aliphatic heterocycles. The Kier molecular flexibility index (Phi) is 39.3. The van der Waals surface area contributed by atoms with Crippen molar-refractivity contribution >= 4 is 52.7 Å². The topological polar surface area (TPSA) is 52.9 Å². The third-order valence-corrected chi connectivity index (χ3v) is 13.2. The average molecular weight is 1150 g/mol. The smallest absolute Gasteiger partial charge is 0.661 e. The van der Waals surface area contributed by atoms with E-state index in [4.69, 9.17) is 20.6 Å². The van der Waals surface area contributed by atoms with Gasteiger partial charge in [0.15, 0.2) is 0 Å². The van der Waals surface area contributed by atoms with Crippen molar-refractivity contribution in [3.8, 4) is 0 Å². The molecule has 4 aromatic rings. The van der Waals surface area contributed by atoms with Crippen LogP contribution in [0.15, 0.2) is 132 Å². The first-order valence-electron chi connectivity index (χ1n) is 27.8. The van der Waals surface area contributed by atoms with Gasteiger partial charge in [-0.15, -0.1) is 24.5 Å². The van der Waals surface area contributed by atoms with Crippen LogP contribution >= 0.6 is 18.5 Å². The van der Waals surface area contributed by atoms with Crippen LogP contribution in [0.2, 0.25) is 0 Å². The summed E-state index contributed by atoms with van der Waals surface area (Å²) >= 11 is 0. The first kappa shape index (κ1) is 74.8. The van der Waals surface area contributed by atoms with Gasteiger partial charge in [0.1, 0.15) is 0 Å². The number of aliphatic imine (C=N–C) groups is 2. The predicted molar refractivity (Wildman–Crippen MR) is 343 cm³/mol. The molecule has 4 nitrogen and oxygen atoms in total. The summed E-state index contributed by atoms with van der Waals surface area (Å²) < 4.78 is 0. The van der Waals surface area contributed by atoms with Crippen LogP contribution in [0, 0.1) is 0 Å². The number of hydrogen-bond donors (Lipinski definition) is 0. The molecule has 0 aliphatic rings. The minimum Gasteiger partial charge on any atom is -0.661 e. The third kappa shape index (κ3) is 26.1. The van der Waals surface area contributed by atoms with E-state index < -0.39 is 0 Å². The van der Waals surface area contributed by atoms with Crippen molar-refractivity contribution in [2.45, 2.75) is 212 Å². The average Bonchev–Trinajstić information content (AvgIpc) is 3.32. The number of hydrogen-bond acceptors (Lipinski definition) is 2. The second-order valence-electron chi connectivity index (χ2n) is 22.0. The van der Waals surface area contributed by atoms with Gasteiger partial charge in [-0.2, -0.15) is 23.7 Å². The second-order valence-corrected chi connectivity index (χ2v) is 23.0. The molecule has 0 bridgehead atoms. The molecule has 4 aromatic carbocycles. The van der Waals surface area contributed by atoms with E-state index in [1.807, 2.05) is 12.2 Å². The monoisotopic (exact) mass is 1150 g/mol. The van der Waals surface area contributed by atoms with Crippen LogP contribution in [0.1, 0.15) is 256 Å². The maximum Gasteiger partial charge on any atom is 2.00 e. The van der Waals surface area contributed by atoms with E-state index in [0.29, 0.717) is 47.3 Å². The van der Waals surface area contributed by atoms with E-state index in [1.165, 1.54) is 57.3 Å². The Morgan fingerprint density at radius 1 is 0.408 bits per heavy atom. The first-order chi connectivity index (χ1) is 34.9. The summed E-state index contributed by atoms with van der Waals surface area (Å²) in [4.78, 5) is 10.2. The number of unbranched alkanes of at least 4 members (excludes halogenated alkanes) is 2. The van der Waals surface area contributed by atoms with Crippen molar-refractivity contribution in [2.75, 3.05) is 12.3 Å². The van der Waals surface area contributed by atoms with Gasteiger partial charge in [-0.3, -0.25) is 9.98 Å². The molecule has 0 radical (unpaired) electrons. The third-order valence-electron chi connectivity index (χ3n) is 12.5. The molecule has 76 heavy (non-hydrogen) atoms. The molecule has 4 rings (SSSR count). The summed E-state index contributed by atoms with van der Waals surface area (Å²) in [6, 6.07) is 26.3. The Labute approximate surface area is 494 Å². The van der Waals surface area contributed by atoms with Crippen molar-refractivity contribution in [2.24, 2.45) is 9.98 Å². The molecule has 420 valence electrons. The van der Waals surface area contributed by atoms with Gasteiger partial charge < -0.3 is 29.1 Å². The molecule has 8 heteroatoms. The summed E-state index contributed by atoms with van der Waals surface area (Å²) in [5.41, 5.74) is 18.9. The van der Waals surface area contributed by atoms with Crippen molar-refractivity contribution in [3.63, 3.8) is 0 Å². The van der Waals surface area contributed by atoms with Crippen LogP contribution in [0.5, 0.6) is 0 Å². The van der Waals surface area contributed by atoms with Crippen molar-refractivity contribution in [1.29, 1.82) is 0 Å². The minimum atomic E-state index is 0. The molecule has 0 unspecified atom stereocenters. The zero-order chi connectivity index (χ0) is 56.2. The number of rotatable bonds is 22. The minimum absolute atomic E-state index is 0. The van der Waals surface area contributed by atoms with Gasteiger partial charge in [-0.1, -0.05) is 257 Å². The SMILES string of the molecule is C=CCCC[PH-].C=CCCC[PH-].CC(/C=C(/C)[N-]c1c(C(C)C)cccc1C(C)C)=Nc1c(C(C)C)cccc1C(C)C.CC(/C=C(/C)[N-]c1c(C(C)C)cccc1C(C)C)=Nc1c(C(C)C)cccc1C(C)C.[Fe+2].[Fe+2]. The number of benzene rings is 4. The fourth-order valence-corrected chi connectivity index (χ4v) is 8.90. The van der Waals surface area contributed by atoms with E-state index in [2.05, 4.69) is 255 Å². The zero-order valence-corrected chi connectivity index (χ0v) is 55.2. The number of nitrogens with zero attached hydrogens (tertiary/aromatic N) is 4. The Hall–Kier alpha value is -3.32. The molecular weight excluding hydrogens is 1050 g/mol. The van der Waals surface area contributed by atoms with E-state index in [1.54, 1.807) is 0 Å². The van der Waals surface area contributed by atoms with Crippen LogP contribution in [0.25, 0.3) is 10.6 Å². The molecular formula is C68H102Fe2N4P2. The standard InChI is InChI=1S/2C29H41N2.2C5H10P.2Fe/c2*1-18(2)24-13-11-14-25(19(3)4)28(24)30-22(9)17-23(10)31-29-26(20(5)6)15-12-16-27(29)21(7)8;2*1-2-3-4-5-6;;/h2*11-21H,1-10H3;2*2,6H,1,3-5H2;;/q4*-1;2*+2/b2*22-17-,31-23?;;;;. The van der Waals surface area contributed by atoms with Crippen LogP contribution in [-0.4, -0.2) is 23.7 Å². The van der Waals surface area contributed by atoms with Gasteiger partial charge in [0.2, 0.25) is 0 Å².